The van der Waals surface area contributed by atoms with Crippen LogP contribution in [0.3, 0.4) is 0 Å². The molecule has 0 saturated heterocycles. The Balaban J connectivity index is 2.57. The lowest BCUT2D eigenvalue weighted by molar-refractivity contribution is 1.27. The Morgan fingerprint density at radius 3 is 3.00 bits per heavy atom. The summed E-state index contributed by atoms with van der Waals surface area (Å²) in [4.78, 5) is 4.03. The molecule has 0 unspecified atom stereocenters. The molecule has 0 aliphatic carbocycles. The molecule has 0 bridgehead atoms. The van der Waals surface area contributed by atoms with E-state index in [0.717, 1.165) is 16.3 Å². The molecule has 0 radical (unpaired) electrons. The van der Waals surface area contributed by atoms with Crippen molar-refractivity contribution in [3.8, 4) is 6.07 Å². The number of rotatable bonds is 1. The highest BCUT2D eigenvalue weighted by molar-refractivity contribution is 5.82. The SMILES string of the molecule is N#CCc1ccc2ccncc2c1. The van der Waals surface area contributed by atoms with E-state index < -0.39 is 0 Å². The van der Waals surface area contributed by atoms with E-state index in [2.05, 4.69) is 11.1 Å². The van der Waals surface area contributed by atoms with Crippen LogP contribution in [0.25, 0.3) is 10.8 Å². The number of aromatic nitrogens is 1. The van der Waals surface area contributed by atoms with Gasteiger partial charge < -0.3 is 0 Å². The maximum atomic E-state index is 8.53. The second kappa shape index (κ2) is 3.24. The molecule has 0 aliphatic heterocycles. The van der Waals surface area contributed by atoms with Gasteiger partial charge in [0.05, 0.1) is 12.5 Å². The van der Waals surface area contributed by atoms with Crippen molar-refractivity contribution in [2.45, 2.75) is 6.42 Å². The summed E-state index contributed by atoms with van der Waals surface area (Å²) in [6.07, 6.45) is 4.05. The van der Waals surface area contributed by atoms with Crippen LogP contribution in [0.1, 0.15) is 5.56 Å². The van der Waals surface area contributed by atoms with Crippen LogP contribution in [0.5, 0.6) is 0 Å². The van der Waals surface area contributed by atoms with Gasteiger partial charge in [-0.15, -0.1) is 0 Å². The van der Waals surface area contributed by atoms with Crippen LogP contribution in [-0.4, -0.2) is 4.98 Å². The third-order valence-corrected chi connectivity index (χ3v) is 1.99. The van der Waals surface area contributed by atoms with Gasteiger partial charge in [-0.3, -0.25) is 4.98 Å². The summed E-state index contributed by atoms with van der Waals surface area (Å²) < 4.78 is 0. The van der Waals surface area contributed by atoms with E-state index >= 15 is 0 Å². The molecule has 13 heavy (non-hydrogen) atoms. The molecule has 0 fully saturated rings. The van der Waals surface area contributed by atoms with Crippen molar-refractivity contribution in [2.75, 3.05) is 0 Å². The lowest BCUT2D eigenvalue weighted by Crippen LogP contribution is -1.82. The molecule has 0 aliphatic rings. The van der Waals surface area contributed by atoms with Crippen LogP contribution in [0.15, 0.2) is 36.7 Å². The predicted octanol–water partition coefficient (Wildman–Crippen LogP) is 2.30. The number of nitriles is 1. The van der Waals surface area contributed by atoms with Crippen LogP contribution in [0.2, 0.25) is 0 Å². The Morgan fingerprint density at radius 1 is 1.23 bits per heavy atom. The zero-order valence-corrected chi connectivity index (χ0v) is 7.07. The summed E-state index contributed by atoms with van der Waals surface area (Å²) >= 11 is 0. The Labute approximate surface area is 76.5 Å². The number of benzene rings is 1. The molecule has 0 N–H and O–H groups in total. The smallest absolute Gasteiger partial charge is 0.0669 e. The molecule has 2 nitrogen and oxygen atoms in total. The molecule has 2 rings (SSSR count). The van der Waals surface area contributed by atoms with Crippen molar-refractivity contribution in [1.82, 2.24) is 4.98 Å². The Morgan fingerprint density at radius 2 is 2.15 bits per heavy atom. The van der Waals surface area contributed by atoms with Gasteiger partial charge in [0.25, 0.3) is 0 Å². The minimum atomic E-state index is 0.463. The predicted molar refractivity (Wildman–Crippen MR) is 51.1 cm³/mol. The van der Waals surface area contributed by atoms with Gasteiger partial charge in [0.15, 0.2) is 0 Å². The summed E-state index contributed by atoms with van der Waals surface area (Å²) in [6, 6.07) is 10.1. The lowest BCUT2D eigenvalue weighted by atomic mass is 10.1. The average molecular weight is 168 g/mol. The van der Waals surface area contributed by atoms with Gasteiger partial charge >= 0.3 is 0 Å². The molecule has 1 aromatic heterocycles. The maximum absolute atomic E-state index is 8.53. The first kappa shape index (κ1) is 7.75. The molecule has 1 heterocycles. The van der Waals surface area contributed by atoms with E-state index in [0.29, 0.717) is 6.42 Å². The van der Waals surface area contributed by atoms with Crippen molar-refractivity contribution >= 4 is 10.8 Å². The number of fused-ring (bicyclic) bond motifs is 1. The Kier molecular flexibility index (Phi) is 1.93. The molecular weight excluding hydrogens is 160 g/mol. The van der Waals surface area contributed by atoms with E-state index in [-0.39, 0.29) is 0 Å². The second-order valence-corrected chi connectivity index (χ2v) is 2.89. The summed E-state index contributed by atoms with van der Waals surface area (Å²) in [5.41, 5.74) is 1.04. The molecule has 0 amide bonds. The molecule has 62 valence electrons. The summed E-state index contributed by atoms with van der Waals surface area (Å²) in [7, 11) is 0. The number of hydrogen-bond donors (Lipinski definition) is 0. The first-order valence-corrected chi connectivity index (χ1v) is 4.10. The van der Waals surface area contributed by atoms with E-state index in [1.165, 1.54) is 0 Å². The zero-order chi connectivity index (χ0) is 9.10. The van der Waals surface area contributed by atoms with Crippen molar-refractivity contribution < 1.29 is 0 Å². The molecule has 1 aromatic carbocycles. The third kappa shape index (κ3) is 1.50. The number of pyridine rings is 1. The van der Waals surface area contributed by atoms with Gasteiger partial charge in [0.2, 0.25) is 0 Å². The molecule has 0 spiro atoms. The third-order valence-electron chi connectivity index (χ3n) is 1.99. The van der Waals surface area contributed by atoms with Crippen molar-refractivity contribution in [2.24, 2.45) is 0 Å². The van der Waals surface area contributed by atoms with Crippen LogP contribution in [0, 0.1) is 11.3 Å². The highest BCUT2D eigenvalue weighted by Crippen LogP contribution is 2.14. The Bertz CT molecular complexity index is 469. The monoisotopic (exact) mass is 168 g/mol. The van der Waals surface area contributed by atoms with Gasteiger partial charge in [0, 0.05) is 17.8 Å². The average Bonchev–Trinajstić information content (AvgIpc) is 2.18. The quantitative estimate of drug-likeness (QED) is 0.655. The highest BCUT2D eigenvalue weighted by Gasteiger charge is 1.94. The van der Waals surface area contributed by atoms with Crippen molar-refractivity contribution in [3.63, 3.8) is 0 Å². The standard InChI is InChI=1S/C11H8N2/c12-5-3-9-1-2-10-4-6-13-8-11(10)7-9/h1-2,4,6-8H,3H2. The lowest BCUT2D eigenvalue weighted by Gasteiger charge is -1.98. The summed E-state index contributed by atoms with van der Waals surface area (Å²) in [6.45, 7) is 0. The van der Waals surface area contributed by atoms with Crippen LogP contribution < -0.4 is 0 Å². The minimum Gasteiger partial charge on any atom is -0.264 e. The van der Waals surface area contributed by atoms with Gasteiger partial charge in [-0.05, 0) is 23.1 Å². The van der Waals surface area contributed by atoms with E-state index in [1.807, 2.05) is 30.5 Å². The molecule has 2 heteroatoms. The van der Waals surface area contributed by atoms with Crippen LogP contribution in [0.4, 0.5) is 0 Å². The topological polar surface area (TPSA) is 36.7 Å². The fourth-order valence-electron chi connectivity index (χ4n) is 1.34. The highest BCUT2D eigenvalue weighted by atomic mass is 14.6. The second-order valence-electron chi connectivity index (χ2n) is 2.89. The molecule has 0 saturated carbocycles. The van der Waals surface area contributed by atoms with Crippen LogP contribution >= 0.6 is 0 Å². The van der Waals surface area contributed by atoms with Gasteiger partial charge in [0.1, 0.15) is 0 Å². The van der Waals surface area contributed by atoms with Gasteiger partial charge in [-0.1, -0.05) is 12.1 Å². The number of hydrogen-bond acceptors (Lipinski definition) is 2. The molecule has 0 atom stereocenters. The normalized spacial score (nSPS) is 9.77. The minimum absolute atomic E-state index is 0.463. The van der Waals surface area contributed by atoms with E-state index in [1.54, 1.807) is 6.20 Å². The van der Waals surface area contributed by atoms with Crippen molar-refractivity contribution in [3.05, 3.63) is 42.2 Å². The fourth-order valence-corrected chi connectivity index (χ4v) is 1.34. The molecule has 2 aromatic rings. The maximum Gasteiger partial charge on any atom is 0.0669 e. The summed E-state index contributed by atoms with van der Waals surface area (Å²) in [5, 5.41) is 10.8. The first-order valence-electron chi connectivity index (χ1n) is 4.10. The van der Waals surface area contributed by atoms with Gasteiger partial charge in [-0.2, -0.15) is 5.26 Å². The first-order chi connectivity index (χ1) is 6.40. The fraction of sp³-hybridized carbons (Fsp3) is 0.0909. The summed E-state index contributed by atoms with van der Waals surface area (Å²) in [5.74, 6) is 0. The zero-order valence-electron chi connectivity index (χ0n) is 7.07. The van der Waals surface area contributed by atoms with Crippen LogP contribution in [-0.2, 0) is 6.42 Å². The number of nitrogens with zero attached hydrogens (tertiary/aromatic N) is 2. The molecular formula is C11H8N2. The Hall–Kier alpha value is -1.88. The van der Waals surface area contributed by atoms with E-state index in [9.17, 15) is 0 Å². The van der Waals surface area contributed by atoms with E-state index in [4.69, 9.17) is 5.26 Å². The van der Waals surface area contributed by atoms with Gasteiger partial charge in [-0.25, -0.2) is 0 Å². The largest absolute Gasteiger partial charge is 0.264 e. The van der Waals surface area contributed by atoms with Crippen molar-refractivity contribution in [1.29, 1.82) is 5.26 Å².